The lowest BCUT2D eigenvalue weighted by molar-refractivity contribution is -0.118. The molecule has 1 aliphatic rings. The lowest BCUT2D eigenvalue weighted by atomic mass is 10.00. The molecule has 0 saturated carbocycles. The van der Waals surface area contributed by atoms with Crippen LogP contribution in [0.4, 0.5) is 15.8 Å². The van der Waals surface area contributed by atoms with Crippen molar-refractivity contribution in [3.8, 4) is 5.69 Å². The van der Waals surface area contributed by atoms with Gasteiger partial charge in [-0.1, -0.05) is 26.0 Å². The highest BCUT2D eigenvalue weighted by Gasteiger charge is 2.42. The fourth-order valence-electron chi connectivity index (χ4n) is 4.64. The van der Waals surface area contributed by atoms with E-state index in [4.69, 9.17) is 12.2 Å². The Kier molecular flexibility index (Phi) is 6.76. The van der Waals surface area contributed by atoms with Crippen LogP contribution < -0.4 is 15.5 Å². The largest absolute Gasteiger partial charge is 0.351 e. The molecule has 188 valence electrons. The number of anilines is 2. The van der Waals surface area contributed by atoms with Crippen molar-refractivity contribution >= 4 is 34.6 Å². The van der Waals surface area contributed by atoms with E-state index in [-0.39, 0.29) is 29.7 Å². The van der Waals surface area contributed by atoms with Gasteiger partial charge in [0, 0.05) is 41.1 Å². The van der Waals surface area contributed by atoms with Crippen LogP contribution in [0.2, 0.25) is 0 Å². The van der Waals surface area contributed by atoms with E-state index in [1.807, 2.05) is 86.1 Å². The Morgan fingerprint density at radius 2 is 1.89 bits per heavy atom. The first-order chi connectivity index (χ1) is 17.8. The summed E-state index contributed by atoms with van der Waals surface area (Å²) < 4.78 is 16.1. The van der Waals surface area contributed by atoms with Gasteiger partial charge in [-0.15, -0.1) is 0 Å². The molecule has 1 fully saturated rings. The van der Waals surface area contributed by atoms with Gasteiger partial charge in [-0.2, -0.15) is 0 Å². The normalized spacial score (nSPS) is 17.2. The second-order valence-electron chi connectivity index (χ2n) is 9.42. The van der Waals surface area contributed by atoms with E-state index in [0.717, 1.165) is 34.0 Å². The fraction of sp³-hybridized carbons (Fsp3) is 0.207. The molecule has 2 aromatic carbocycles. The maximum atomic E-state index is 14.1. The van der Waals surface area contributed by atoms with Crippen molar-refractivity contribution in [2.75, 3.05) is 10.2 Å². The molecule has 37 heavy (non-hydrogen) atoms. The number of aryl methyl sites for hydroxylation is 1. The van der Waals surface area contributed by atoms with Gasteiger partial charge in [0.25, 0.3) is 0 Å². The van der Waals surface area contributed by atoms with Crippen LogP contribution in [0.25, 0.3) is 5.69 Å². The Morgan fingerprint density at radius 3 is 2.59 bits per heavy atom. The summed E-state index contributed by atoms with van der Waals surface area (Å²) in [5, 5.41) is 7.02. The van der Waals surface area contributed by atoms with Gasteiger partial charge in [0.1, 0.15) is 11.9 Å². The Labute approximate surface area is 221 Å². The standard InChI is InChI=1S/C29H28FN5OS/c1-18(2)28(36)32-23-13-12-22(16-19(23)3)35-27(26(33-29(35)37)24-10-4-5-14-31-24)25-11-7-15-34(25)21-9-6-8-20(30)17-21/h4-18,26-27H,1-3H3,(H,32,36)(H,33,37)/t26-,27-/m0/s1. The zero-order valence-electron chi connectivity index (χ0n) is 20.9. The van der Waals surface area contributed by atoms with Crippen molar-refractivity contribution in [2.45, 2.75) is 32.9 Å². The molecule has 3 heterocycles. The van der Waals surface area contributed by atoms with Crippen LogP contribution in [0, 0.1) is 18.7 Å². The molecule has 0 unspecified atom stereocenters. The van der Waals surface area contributed by atoms with E-state index < -0.39 is 0 Å². The molecule has 2 aromatic heterocycles. The molecule has 4 aromatic rings. The third kappa shape index (κ3) is 4.84. The summed E-state index contributed by atoms with van der Waals surface area (Å²) in [7, 11) is 0. The number of benzene rings is 2. The summed E-state index contributed by atoms with van der Waals surface area (Å²) in [6, 6.07) is 21.7. The maximum Gasteiger partial charge on any atom is 0.226 e. The maximum absolute atomic E-state index is 14.1. The molecule has 0 aliphatic carbocycles. The number of halogens is 1. The lowest BCUT2D eigenvalue weighted by Crippen LogP contribution is -2.30. The number of pyridine rings is 1. The Morgan fingerprint density at radius 1 is 1.05 bits per heavy atom. The average Bonchev–Trinajstić information content (AvgIpc) is 3.50. The Balaban J connectivity index is 1.60. The van der Waals surface area contributed by atoms with Crippen LogP contribution in [0.3, 0.4) is 0 Å². The number of nitrogens with one attached hydrogen (secondary N) is 2. The number of hydrogen-bond acceptors (Lipinski definition) is 3. The van der Waals surface area contributed by atoms with Gasteiger partial charge < -0.3 is 20.1 Å². The predicted octanol–water partition coefficient (Wildman–Crippen LogP) is 6.09. The fourth-order valence-corrected chi connectivity index (χ4v) is 4.99. The molecule has 0 spiro atoms. The number of nitrogens with zero attached hydrogens (tertiary/aromatic N) is 3. The van der Waals surface area contributed by atoms with Crippen LogP contribution in [-0.2, 0) is 4.79 Å². The van der Waals surface area contributed by atoms with Crippen molar-refractivity contribution in [1.82, 2.24) is 14.9 Å². The molecule has 0 radical (unpaired) electrons. The van der Waals surface area contributed by atoms with Gasteiger partial charge in [0.2, 0.25) is 5.91 Å². The minimum absolute atomic E-state index is 0.0322. The van der Waals surface area contributed by atoms with Crippen LogP contribution in [0.15, 0.2) is 85.2 Å². The molecule has 0 bridgehead atoms. The van der Waals surface area contributed by atoms with E-state index in [2.05, 4.69) is 20.5 Å². The molecule has 1 amide bonds. The lowest BCUT2D eigenvalue weighted by Gasteiger charge is -2.29. The van der Waals surface area contributed by atoms with Crippen molar-refractivity contribution in [3.05, 3.63) is 108 Å². The highest BCUT2D eigenvalue weighted by Crippen LogP contribution is 2.43. The van der Waals surface area contributed by atoms with Crippen molar-refractivity contribution in [3.63, 3.8) is 0 Å². The first kappa shape index (κ1) is 24.6. The Hall–Kier alpha value is -4.04. The van der Waals surface area contributed by atoms with Crippen LogP contribution >= 0.6 is 12.2 Å². The number of hydrogen-bond donors (Lipinski definition) is 2. The quantitative estimate of drug-likeness (QED) is 0.306. The average molecular weight is 514 g/mol. The van der Waals surface area contributed by atoms with Gasteiger partial charge in [-0.3, -0.25) is 9.78 Å². The van der Waals surface area contributed by atoms with Crippen LogP contribution in [0.5, 0.6) is 0 Å². The van der Waals surface area contributed by atoms with Gasteiger partial charge >= 0.3 is 0 Å². The van der Waals surface area contributed by atoms with E-state index >= 15 is 0 Å². The zero-order chi connectivity index (χ0) is 26.1. The smallest absolute Gasteiger partial charge is 0.226 e. The zero-order valence-corrected chi connectivity index (χ0v) is 21.7. The molecular weight excluding hydrogens is 485 g/mol. The highest BCUT2D eigenvalue weighted by molar-refractivity contribution is 7.80. The second kappa shape index (κ2) is 10.1. The second-order valence-corrected chi connectivity index (χ2v) is 9.81. The molecule has 2 N–H and O–H groups in total. The molecule has 6 nitrogen and oxygen atoms in total. The summed E-state index contributed by atoms with van der Waals surface area (Å²) in [5.41, 5.74) is 5.08. The summed E-state index contributed by atoms with van der Waals surface area (Å²) in [6.45, 7) is 5.69. The summed E-state index contributed by atoms with van der Waals surface area (Å²) in [6.07, 6.45) is 3.69. The summed E-state index contributed by atoms with van der Waals surface area (Å²) in [4.78, 5) is 19.0. The first-order valence-corrected chi connectivity index (χ1v) is 12.6. The van der Waals surface area contributed by atoms with E-state index in [1.54, 1.807) is 12.3 Å². The minimum atomic E-state index is -0.301. The SMILES string of the molecule is Cc1cc(N2C(=S)N[C@@H](c3ccccn3)[C@@H]2c2cccn2-c2cccc(F)c2)ccc1NC(=O)C(C)C. The van der Waals surface area contributed by atoms with E-state index in [1.165, 1.54) is 12.1 Å². The molecule has 1 aliphatic heterocycles. The molecule has 8 heteroatoms. The van der Waals surface area contributed by atoms with Gasteiger partial charge in [-0.25, -0.2) is 4.39 Å². The molecule has 5 rings (SSSR count). The third-order valence-corrected chi connectivity index (χ3v) is 6.85. The monoisotopic (exact) mass is 513 g/mol. The van der Waals surface area contributed by atoms with Crippen LogP contribution in [0.1, 0.15) is 42.9 Å². The summed E-state index contributed by atoms with van der Waals surface area (Å²) >= 11 is 5.86. The third-order valence-electron chi connectivity index (χ3n) is 6.54. The number of amides is 1. The van der Waals surface area contributed by atoms with E-state index in [0.29, 0.717) is 5.11 Å². The van der Waals surface area contributed by atoms with Crippen molar-refractivity contribution in [2.24, 2.45) is 5.92 Å². The minimum Gasteiger partial charge on any atom is -0.351 e. The number of aromatic nitrogens is 2. The van der Waals surface area contributed by atoms with Crippen molar-refractivity contribution in [1.29, 1.82) is 0 Å². The van der Waals surface area contributed by atoms with E-state index in [9.17, 15) is 9.18 Å². The van der Waals surface area contributed by atoms with Crippen molar-refractivity contribution < 1.29 is 9.18 Å². The van der Waals surface area contributed by atoms with Crippen LogP contribution in [-0.4, -0.2) is 20.6 Å². The highest BCUT2D eigenvalue weighted by atomic mass is 32.1. The summed E-state index contributed by atoms with van der Waals surface area (Å²) in [5.74, 6) is -0.450. The number of carbonyl (C=O) groups is 1. The molecule has 1 saturated heterocycles. The van der Waals surface area contributed by atoms with Gasteiger partial charge in [0.15, 0.2) is 5.11 Å². The molecular formula is C29H28FN5OS. The first-order valence-electron chi connectivity index (χ1n) is 12.2. The number of thiocarbonyl (C=S) groups is 1. The van der Waals surface area contributed by atoms with Gasteiger partial charge in [0.05, 0.1) is 11.7 Å². The Bertz CT molecular complexity index is 1450. The number of rotatable bonds is 6. The number of carbonyl (C=O) groups excluding carboxylic acids is 1. The topological polar surface area (TPSA) is 62.2 Å². The molecule has 2 atom stereocenters. The predicted molar refractivity (Wildman–Crippen MR) is 148 cm³/mol. The van der Waals surface area contributed by atoms with Gasteiger partial charge in [-0.05, 0) is 85.4 Å².